The molecule has 0 radical (unpaired) electrons. The molecule has 106 valence electrons. The second-order valence-corrected chi connectivity index (χ2v) is 6.00. The van der Waals surface area contributed by atoms with Crippen molar-refractivity contribution in [2.24, 2.45) is 0 Å². The molecule has 0 aliphatic carbocycles. The van der Waals surface area contributed by atoms with Crippen molar-refractivity contribution in [2.45, 2.75) is 26.4 Å². The second kappa shape index (κ2) is 7.07. The fraction of sp³-hybridized carbons (Fsp3) is 0.267. The molecule has 0 fully saturated rings. The predicted octanol–water partition coefficient (Wildman–Crippen LogP) is 4.79. The summed E-state index contributed by atoms with van der Waals surface area (Å²) >= 11 is 9.50. The van der Waals surface area contributed by atoms with Crippen LogP contribution in [0.25, 0.3) is 0 Å². The molecule has 5 heteroatoms. The molecule has 0 aliphatic heterocycles. The highest BCUT2D eigenvalue weighted by Crippen LogP contribution is 2.31. The summed E-state index contributed by atoms with van der Waals surface area (Å²) in [6, 6.07) is 11.6. The number of pyridine rings is 1. The SMILES string of the molecule is CC(C)NCc1cccc(Oc2cc(Br)ccc2Cl)n1. The van der Waals surface area contributed by atoms with Crippen LogP contribution in [0.5, 0.6) is 11.6 Å². The zero-order chi connectivity index (χ0) is 14.5. The monoisotopic (exact) mass is 354 g/mol. The normalized spacial score (nSPS) is 10.8. The summed E-state index contributed by atoms with van der Waals surface area (Å²) in [5.74, 6) is 1.12. The van der Waals surface area contributed by atoms with E-state index in [0.717, 1.165) is 10.2 Å². The van der Waals surface area contributed by atoms with Gasteiger partial charge in [-0.15, -0.1) is 0 Å². The van der Waals surface area contributed by atoms with E-state index in [-0.39, 0.29) is 0 Å². The second-order valence-electron chi connectivity index (χ2n) is 4.68. The minimum absolute atomic E-state index is 0.417. The van der Waals surface area contributed by atoms with E-state index in [9.17, 15) is 0 Å². The molecule has 1 aromatic heterocycles. The largest absolute Gasteiger partial charge is 0.437 e. The number of hydrogen-bond acceptors (Lipinski definition) is 3. The number of nitrogens with one attached hydrogen (secondary N) is 1. The number of hydrogen-bond donors (Lipinski definition) is 1. The van der Waals surface area contributed by atoms with E-state index in [1.807, 2.05) is 30.3 Å². The summed E-state index contributed by atoms with van der Waals surface area (Å²) in [6.07, 6.45) is 0. The van der Waals surface area contributed by atoms with Gasteiger partial charge in [0.05, 0.1) is 10.7 Å². The van der Waals surface area contributed by atoms with E-state index < -0.39 is 0 Å². The summed E-state index contributed by atoms with van der Waals surface area (Å²) in [7, 11) is 0. The van der Waals surface area contributed by atoms with E-state index >= 15 is 0 Å². The van der Waals surface area contributed by atoms with Crippen LogP contribution >= 0.6 is 27.5 Å². The van der Waals surface area contributed by atoms with Crippen molar-refractivity contribution in [2.75, 3.05) is 0 Å². The van der Waals surface area contributed by atoms with Crippen molar-refractivity contribution in [1.29, 1.82) is 0 Å². The summed E-state index contributed by atoms with van der Waals surface area (Å²) < 4.78 is 6.65. The lowest BCUT2D eigenvalue weighted by Gasteiger charge is -2.10. The van der Waals surface area contributed by atoms with Crippen LogP contribution in [0, 0.1) is 0 Å². The summed E-state index contributed by atoms with van der Waals surface area (Å²) in [5, 5.41) is 3.88. The minimum Gasteiger partial charge on any atom is -0.437 e. The van der Waals surface area contributed by atoms with Gasteiger partial charge in [0.1, 0.15) is 5.75 Å². The standard InChI is InChI=1S/C15H16BrClN2O/c1-10(2)18-9-12-4-3-5-15(19-12)20-14-8-11(16)6-7-13(14)17/h3-8,10,18H,9H2,1-2H3. The zero-order valence-electron chi connectivity index (χ0n) is 11.4. The Morgan fingerprint density at radius 1 is 1.30 bits per heavy atom. The number of nitrogens with zero attached hydrogens (tertiary/aromatic N) is 1. The predicted molar refractivity (Wildman–Crippen MR) is 85.4 cm³/mol. The highest BCUT2D eigenvalue weighted by molar-refractivity contribution is 9.10. The third-order valence-corrected chi connectivity index (χ3v) is 3.39. The smallest absolute Gasteiger partial charge is 0.219 e. The van der Waals surface area contributed by atoms with Gasteiger partial charge in [-0.1, -0.05) is 47.4 Å². The van der Waals surface area contributed by atoms with Gasteiger partial charge in [0.15, 0.2) is 0 Å². The van der Waals surface area contributed by atoms with E-state index in [1.165, 1.54) is 0 Å². The highest BCUT2D eigenvalue weighted by Gasteiger charge is 2.06. The summed E-state index contributed by atoms with van der Waals surface area (Å²) in [6.45, 7) is 4.91. The average Bonchev–Trinajstić information content (AvgIpc) is 2.41. The van der Waals surface area contributed by atoms with Crippen LogP contribution < -0.4 is 10.1 Å². The van der Waals surface area contributed by atoms with Crippen LogP contribution in [0.2, 0.25) is 5.02 Å². The highest BCUT2D eigenvalue weighted by atomic mass is 79.9. The summed E-state index contributed by atoms with van der Waals surface area (Å²) in [5.41, 5.74) is 0.933. The Balaban J connectivity index is 2.13. The molecule has 20 heavy (non-hydrogen) atoms. The molecular weight excluding hydrogens is 340 g/mol. The lowest BCUT2D eigenvalue weighted by Crippen LogP contribution is -2.22. The van der Waals surface area contributed by atoms with Crippen LogP contribution in [-0.4, -0.2) is 11.0 Å². The van der Waals surface area contributed by atoms with E-state index in [2.05, 4.69) is 40.1 Å². The number of ether oxygens (including phenoxy) is 1. The Labute approximate surface area is 132 Å². The van der Waals surface area contributed by atoms with Crippen LogP contribution in [0.4, 0.5) is 0 Å². The average molecular weight is 356 g/mol. The topological polar surface area (TPSA) is 34.1 Å². The first kappa shape index (κ1) is 15.3. The van der Waals surface area contributed by atoms with Gasteiger partial charge in [0, 0.05) is 23.1 Å². The van der Waals surface area contributed by atoms with Gasteiger partial charge in [-0.25, -0.2) is 4.98 Å². The molecule has 3 nitrogen and oxygen atoms in total. The van der Waals surface area contributed by atoms with E-state index in [1.54, 1.807) is 6.07 Å². The van der Waals surface area contributed by atoms with Crippen LogP contribution in [0.15, 0.2) is 40.9 Å². The van der Waals surface area contributed by atoms with Gasteiger partial charge in [-0.3, -0.25) is 0 Å². The summed E-state index contributed by atoms with van der Waals surface area (Å²) in [4.78, 5) is 4.45. The van der Waals surface area contributed by atoms with Crippen LogP contribution in [0.3, 0.4) is 0 Å². The lowest BCUT2D eigenvalue weighted by atomic mass is 10.3. The molecule has 0 spiro atoms. The first-order valence-electron chi connectivity index (χ1n) is 6.37. The quantitative estimate of drug-likeness (QED) is 0.837. The number of aromatic nitrogens is 1. The van der Waals surface area contributed by atoms with E-state index in [0.29, 0.717) is 29.2 Å². The Hall–Kier alpha value is -1.10. The molecule has 2 aromatic rings. The minimum atomic E-state index is 0.417. The maximum Gasteiger partial charge on any atom is 0.219 e. The van der Waals surface area contributed by atoms with Gasteiger partial charge in [0.25, 0.3) is 0 Å². The fourth-order valence-corrected chi connectivity index (χ4v) is 2.09. The Bertz CT molecular complexity index is 590. The van der Waals surface area contributed by atoms with Crippen LogP contribution in [0.1, 0.15) is 19.5 Å². The van der Waals surface area contributed by atoms with Gasteiger partial charge >= 0.3 is 0 Å². The van der Waals surface area contributed by atoms with Crippen molar-refractivity contribution in [3.05, 3.63) is 51.6 Å². The van der Waals surface area contributed by atoms with Gasteiger partial charge in [-0.2, -0.15) is 0 Å². The molecule has 1 aromatic carbocycles. The maximum absolute atomic E-state index is 6.10. The Morgan fingerprint density at radius 2 is 2.10 bits per heavy atom. The number of benzene rings is 1. The number of halogens is 2. The molecule has 0 bridgehead atoms. The van der Waals surface area contributed by atoms with Crippen molar-refractivity contribution in [1.82, 2.24) is 10.3 Å². The molecule has 2 rings (SSSR count). The zero-order valence-corrected chi connectivity index (χ0v) is 13.7. The molecular formula is C15H16BrClN2O. The van der Waals surface area contributed by atoms with E-state index in [4.69, 9.17) is 16.3 Å². The molecule has 1 heterocycles. The fourth-order valence-electron chi connectivity index (χ4n) is 1.59. The molecule has 0 aliphatic rings. The molecule has 0 atom stereocenters. The number of rotatable bonds is 5. The first-order chi connectivity index (χ1) is 9.54. The Morgan fingerprint density at radius 3 is 2.85 bits per heavy atom. The maximum atomic E-state index is 6.10. The molecule has 0 amide bonds. The molecule has 0 saturated carbocycles. The third-order valence-electron chi connectivity index (χ3n) is 2.58. The molecule has 1 N–H and O–H groups in total. The van der Waals surface area contributed by atoms with Gasteiger partial charge in [0.2, 0.25) is 5.88 Å². The first-order valence-corrected chi connectivity index (χ1v) is 7.54. The van der Waals surface area contributed by atoms with Crippen molar-refractivity contribution >= 4 is 27.5 Å². The van der Waals surface area contributed by atoms with Gasteiger partial charge in [-0.05, 0) is 24.3 Å². The van der Waals surface area contributed by atoms with Gasteiger partial charge < -0.3 is 10.1 Å². The lowest BCUT2D eigenvalue weighted by molar-refractivity contribution is 0.458. The van der Waals surface area contributed by atoms with Crippen molar-refractivity contribution in [3.63, 3.8) is 0 Å². The van der Waals surface area contributed by atoms with Crippen molar-refractivity contribution in [3.8, 4) is 11.6 Å². The molecule has 0 unspecified atom stereocenters. The van der Waals surface area contributed by atoms with Crippen molar-refractivity contribution < 1.29 is 4.74 Å². The third kappa shape index (κ3) is 4.47. The molecule has 0 saturated heterocycles. The Kier molecular flexibility index (Phi) is 5.40. The van der Waals surface area contributed by atoms with Crippen LogP contribution in [-0.2, 0) is 6.54 Å².